The standard InChI is InChI=1S/C21H25ClN2O4S/c1-15-4-9-20(14-16(15)2)29(26,27)24-12-10-23(11-13-24)21(25)17(3)28-19-7-5-18(22)6-8-19/h4-9,14,17H,10-13H2,1-3H3. The van der Waals surface area contributed by atoms with E-state index >= 15 is 0 Å². The van der Waals surface area contributed by atoms with Crippen molar-refractivity contribution in [3.63, 3.8) is 0 Å². The van der Waals surface area contributed by atoms with Gasteiger partial charge in [0, 0.05) is 31.2 Å². The number of rotatable bonds is 5. The molecule has 1 aliphatic rings. The Morgan fingerprint density at radius 2 is 1.62 bits per heavy atom. The first-order valence-corrected chi connectivity index (χ1v) is 11.3. The summed E-state index contributed by atoms with van der Waals surface area (Å²) in [6.07, 6.45) is -0.668. The third kappa shape index (κ3) is 4.91. The molecule has 1 aliphatic heterocycles. The first-order valence-electron chi connectivity index (χ1n) is 9.47. The monoisotopic (exact) mass is 436 g/mol. The zero-order chi connectivity index (χ0) is 21.2. The molecule has 1 fully saturated rings. The topological polar surface area (TPSA) is 66.9 Å². The van der Waals surface area contributed by atoms with Crippen LogP contribution in [0.1, 0.15) is 18.1 Å². The lowest BCUT2D eigenvalue weighted by Gasteiger charge is -2.35. The number of ether oxygens (including phenoxy) is 1. The number of benzene rings is 2. The number of nitrogens with zero attached hydrogens (tertiary/aromatic N) is 2. The number of carbonyl (C=O) groups is 1. The zero-order valence-electron chi connectivity index (χ0n) is 16.8. The van der Waals surface area contributed by atoms with Gasteiger partial charge in [0.2, 0.25) is 10.0 Å². The molecular formula is C21H25ClN2O4S. The lowest BCUT2D eigenvalue weighted by Crippen LogP contribution is -2.53. The van der Waals surface area contributed by atoms with Gasteiger partial charge in [-0.2, -0.15) is 4.31 Å². The largest absolute Gasteiger partial charge is 0.481 e. The van der Waals surface area contributed by atoms with Gasteiger partial charge in [-0.15, -0.1) is 0 Å². The third-order valence-corrected chi connectivity index (χ3v) is 7.29. The molecule has 2 aromatic carbocycles. The van der Waals surface area contributed by atoms with Crippen LogP contribution in [0.4, 0.5) is 0 Å². The van der Waals surface area contributed by atoms with Crippen molar-refractivity contribution in [1.82, 2.24) is 9.21 Å². The number of hydrogen-bond acceptors (Lipinski definition) is 4. The minimum Gasteiger partial charge on any atom is -0.481 e. The Morgan fingerprint density at radius 3 is 2.21 bits per heavy atom. The van der Waals surface area contributed by atoms with E-state index in [0.29, 0.717) is 28.8 Å². The van der Waals surface area contributed by atoms with Crippen molar-refractivity contribution in [1.29, 1.82) is 0 Å². The molecule has 0 saturated carbocycles. The predicted molar refractivity (Wildman–Crippen MR) is 113 cm³/mol. The van der Waals surface area contributed by atoms with Crippen molar-refractivity contribution in [2.45, 2.75) is 31.8 Å². The van der Waals surface area contributed by atoms with E-state index < -0.39 is 16.1 Å². The Balaban J connectivity index is 1.61. The fourth-order valence-electron chi connectivity index (χ4n) is 3.20. The number of amides is 1. The quantitative estimate of drug-likeness (QED) is 0.721. The van der Waals surface area contributed by atoms with Crippen molar-refractivity contribution in [3.8, 4) is 5.75 Å². The number of piperazine rings is 1. The first kappa shape index (κ1) is 21.6. The van der Waals surface area contributed by atoms with Crippen LogP contribution >= 0.6 is 11.6 Å². The van der Waals surface area contributed by atoms with Crippen LogP contribution in [-0.2, 0) is 14.8 Å². The van der Waals surface area contributed by atoms with Gasteiger partial charge in [0.1, 0.15) is 5.75 Å². The predicted octanol–water partition coefficient (Wildman–Crippen LogP) is 3.26. The average Bonchev–Trinajstić information content (AvgIpc) is 2.71. The molecule has 6 nitrogen and oxygen atoms in total. The molecule has 156 valence electrons. The molecule has 1 atom stereocenters. The van der Waals surface area contributed by atoms with Crippen LogP contribution in [0, 0.1) is 13.8 Å². The van der Waals surface area contributed by atoms with Gasteiger partial charge in [0.25, 0.3) is 5.91 Å². The molecule has 0 N–H and O–H groups in total. The molecule has 0 radical (unpaired) electrons. The van der Waals surface area contributed by atoms with Gasteiger partial charge in [-0.05, 0) is 68.3 Å². The number of halogens is 1. The van der Waals surface area contributed by atoms with E-state index in [4.69, 9.17) is 16.3 Å². The van der Waals surface area contributed by atoms with Crippen molar-refractivity contribution < 1.29 is 17.9 Å². The van der Waals surface area contributed by atoms with Gasteiger partial charge in [-0.25, -0.2) is 8.42 Å². The molecule has 2 aromatic rings. The molecule has 0 aliphatic carbocycles. The molecule has 0 bridgehead atoms. The summed E-state index contributed by atoms with van der Waals surface area (Å²) in [6, 6.07) is 12.0. The Bertz CT molecular complexity index is 984. The third-order valence-electron chi connectivity index (χ3n) is 5.14. The number of aryl methyl sites for hydroxylation is 2. The van der Waals surface area contributed by atoms with Crippen molar-refractivity contribution in [3.05, 3.63) is 58.6 Å². The first-order chi connectivity index (χ1) is 13.7. The lowest BCUT2D eigenvalue weighted by molar-refractivity contribution is -0.139. The molecule has 3 rings (SSSR count). The molecule has 1 amide bonds. The summed E-state index contributed by atoms with van der Waals surface area (Å²) in [5.41, 5.74) is 1.99. The highest BCUT2D eigenvalue weighted by Gasteiger charge is 2.32. The highest BCUT2D eigenvalue weighted by molar-refractivity contribution is 7.89. The second-order valence-corrected chi connectivity index (χ2v) is 9.56. The SMILES string of the molecule is Cc1ccc(S(=O)(=O)N2CCN(C(=O)C(C)Oc3ccc(Cl)cc3)CC2)cc1C. The summed E-state index contributed by atoms with van der Waals surface area (Å²) in [5.74, 6) is 0.398. The molecule has 1 saturated heterocycles. The Hall–Kier alpha value is -2.09. The summed E-state index contributed by atoms with van der Waals surface area (Å²) >= 11 is 5.86. The second-order valence-electron chi connectivity index (χ2n) is 7.19. The minimum atomic E-state index is -3.57. The summed E-state index contributed by atoms with van der Waals surface area (Å²) in [7, 11) is -3.57. The summed E-state index contributed by atoms with van der Waals surface area (Å²) in [6.45, 7) is 6.71. The average molecular weight is 437 g/mol. The summed E-state index contributed by atoms with van der Waals surface area (Å²) in [5, 5.41) is 0.595. The lowest BCUT2D eigenvalue weighted by atomic mass is 10.1. The van der Waals surface area contributed by atoms with Gasteiger partial charge in [-0.3, -0.25) is 4.79 Å². The van der Waals surface area contributed by atoms with Gasteiger partial charge in [-0.1, -0.05) is 17.7 Å². The van der Waals surface area contributed by atoms with Crippen LogP contribution < -0.4 is 4.74 Å². The molecule has 1 heterocycles. The maximum absolute atomic E-state index is 12.9. The van der Waals surface area contributed by atoms with Gasteiger partial charge < -0.3 is 9.64 Å². The van der Waals surface area contributed by atoms with Crippen LogP contribution in [0.25, 0.3) is 0 Å². The van der Waals surface area contributed by atoms with E-state index in [0.717, 1.165) is 11.1 Å². The molecular weight excluding hydrogens is 412 g/mol. The Morgan fingerprint density at radius 1 is 1.00 bits per heavy atom. The molecule has 29 heavy (non-hydrogen) atoms. The van der Waals surface area contributed by atoms with E-state index in [-0.39, 0.29) is 19.0 Å². The summed E-state index contributed by atoms with van der Waals surface area (Å²) in [4.78, 5) is 14.6. The van der Waals surface area contributed by atoms with Crippen LogP contribution in [0.3, 0.4) is 0 Å². The Labute approximate surface area is 177 Å². The molecule has 1 unspecified atom stereocenters. The Kier molecular flexibility index (Phi) is 6.51. The van der Waals surface area contributed by atoms with Crippen LogP contribution in [0.2, 0.25) is 5.02 Å². The van der Waals surface area contributed by atoms with Crippen molar-refractivity contribution in [2.24, 2.45) is 0 Å². The normalized spacial score (nSPS) is 16.5. The zero-order valence-corrected chi connectivity index (χ0v) is 18.3. The van der Waals surface area contributed by atoms with E-state index in [1.807, 2.05) is 19.9 Å². The highest BCUT2D eigenvalue weighted by atomic mass is 35.5. The molecule has 8 heteroatoms. The second kappa shape index (κ2) is 8.73. The molecule has 0 spiro atoms. The van der Waals surface area contributed by atoms with Crippen molar-refractivity contribution >= 4 is 27.5 Å². The van der Waals surface area contributed by atoms with Crippen LogP contribution in [-0.4, -0.2) is 55.8 Å². The van der Waals surface area contributed by atoms with Gasteiger partial charge in [0.15, 0.2) is 6.10 Å². The fourth-order valence-corrected chi connectivity index (χ4v) is 4.83. The van der Waals surface area contributed by atoms with E-state index in [1.54, 1.807) is 48.2 Å². The number of sulfonamides is 1. The maximum atomic E-state index is 12.9. The fraction of sp³-hybridized carbons (Fsp3) is 0.381. The van der Waals surface area contributed by atoms with Crippen molar-refractivity contribution in [2.75, 3.05) is 26.2 Å². The highest BCUT2D eigenvalue weighted by Crippen LogP contribution is 2.21. The maximum Gasteiger partial charge on any atom is 0.263 e. The molecule has 0 aromatic heterocycles. The summed E-state index contributed by atoms with van der Waals surface area (Å²) < 4.78 is 33.0. The van der Waals surface area contributed by atoms with E-state index in [2.05, 4.69) is 0 Å². The van der Waals surface area contributed by atoms with E-state index in [9.17, 15) is 13.2 Å². The van der Waals surface area contributed by atoms with Crippen LogP contribution in [0.15, 0.2) is 47.4 Å². The number of hydrogen-bond donors (Lipinski definition) is 0. The van der Waals surface area contributed by atoms with E-state index in [1.165, 1.54) is 4.31 Å². The minimum absolute atomic E-state index is 0.164. The smallest absolute Gasteiger partial charge is 0.263 e. The van der Waals surface area contributed by atoms with Gasteiger partial charge in [0.05, 0.1) is 4.90 Å². The number of carbonyl (C=O) groups excluding carboxylic acids is 1. The van der Waals surface area contributed by atoms with Gasteiger partial charge >= 0.3 is 0 Å². The van der Waals surface area contributed by atoms with Crippen LogP contribution in [0.5, 0.6) is 5.75 Å².